The molecule has 0 unspecified atom stereocenters. The van der Waals surface area contributed by atoms with Gasteiger partial charge < -0.3 is 15.2 Å². The van der Waals surface area contributed by atoms with E-state index in [2.05, 4.69) is 70.6 Å². The van der Waals surface area contributed by atoms with Crippen LogP contribution in [0.4, 0.5) is 0 Å². The van der Waals surface area contributed by atoms with Crippen molar-refractivity contribution in [1.82, 2.24) is 5.32 Å². The van der Waals surface area contributed by atoms with E-state index >= 15 is 0 Å². The van der Waals surface area contributed by atoms with Gasteiger partial charge >= 0.3 is 0 Å². The predicted octanol–water partition coefficient (Wildman–Crippen LogP) is 4.82. The predicted molar refractivity (Wildman–Crippen MR) is 106 cm³/mol. The first-order valence-electron chi connectivity index (χ1n) is 8.42. The van der Waals surface area contributed by atoms with E-state index in [1.807, 2.05) is 18.2 Å². The first-order valence-corrected chi connectivity index (χ1v) is 9.21. The lowest BCUT2D eigenvalue weighted by atomic mass is 9.99. The zero-order chi connectivity index (χ0) is 17.6. The van der Waals surface area contributed by atoms with Crippen LogP contribution < -0.4 is 10.1 Å². The molecule has 0 saturated carbocycles. The molecule has 0 radical (unpaired) electrons. The summed E-state index contributed by atoms with van der Waals surface area (Å²) in [5, 5.41) is 15.0. The van der Waals surface area contributed by atoms with Gasteiger partial charge in [0.05, 0.1) is 6.61 Å². The van der Waals surface area contributed by atoms with Gasteiger partial charge in [-0.2, -0.15) is 0 Å². The lowest BCUT2D eigenvalue weighted by molar-refractivity contribution is 0.201. The van der Waals surface area contributed by atoms with E-state index in [0.717, 1.165) is 16.8 Å². The highest BCUT2D eigenvalue weighted by Gasteiger charge is 2.10. The van der Waals surface area contributed by atoms with Gasteiger partial charge in [-0.15, -0.1) is 0 Å². The summed E-state index contributed by atoms with van der Waals surface area (Å²) in [5.74, 6) is 0.756. The molecular formula is C21H22BrNO2. The van der Waals surface area contributed by atoms with Gasteiger partial charge in [-0.1, -0.05) is 64.5 Å². The Bertz CT molecular complexity index is 845. The second kappa shape index (κ2) is 8.48. The highest BCUT2D eigenvalue weighted by Crippen LogP contribution is 2.26. The largest absolute Gasteiger partial charge is 0.491 e. The Morgan fingerprint density at radius 3 is 2.68 bits per heavy atom. The Balaban J connectivity index is 1.70. The van der Waals surface area contributed by atoms with Crippen molar-refractivity contribution < 1.29 is 9.84 Å². The van der Waals surface area contributed by atoms with Crippen LogP contribution in [0.5, 0.6) is 5.75 Å². The monoisotopic (exact) mass is 399 g/mol. The number of halogens is 1. The first kappa shape index (κ1) is 17.9. The topological polar surface area (TPSA) is 41.5 Å². The molecule has 0 saturated heterocycles. The number of rotatable bonds is 7. The number of benzene rings is 3. The molecule has 1 atom stereocenters. The fourth-order valence-electron chi connectivity index (χ4n) is 2.93. The van der Waals surface area contributed by atoms with E-state index in [1.54, 1.807) is 0 Å². The molecule has 3 aromatic carbocycles. The minimum atomic E-state index is 0.0173. The molecule has 0 spiro atoms. The normalized spacial score (nSPS) is 12.3. The zero-order valence-corrected chi connectivity index (χ0v) is 15.8. The van der Waals surface area contributed by atoms with Crippen LogP contribution in [0.15, 0.2) is 65.1 Å². The fraction of sp³-hybridized carbons (Fsp3) is 0.238. The van der Waals surface area contributed by atoms with Crippen LogP contribution >= 0.6 is 15.9 Å². The first-order chi connectivity index (χ1) is 12.2. The molecular weight excluding hydrogens is 378 g/mol. The molecule has 0 heterocycles. The third-order valence-electron chi connectivity index (χ3n) is 4.27. The van der Waals surface area contributed by atoms with Crippen molar-refractivity contribution >= 4 is 26.7 Å². The van der Waals surface area contributed by atoms with Crippen LogP contribution in [-0.2, 0) is 6.54 Å². The van der Waals surface area contributed by atoms with Gasteiger partial charge in [0, 0.05) is 17.1 Å². The van der Waals surface area contributed by atoms with Crippen LogP contribution in [0.3, 0.4) is 0 Å². The summed E-state index contributed by atoms with van der Waals surface area (Å²) in [6.45, 7) is 3.27. The van der Waals surface area contributed by atoms with E-state index in [1.165, 1.54) is 21.9 Å². The van der Waals surface area contributed by atoms with E-state index in [4.69, 9.17) is 9.84 Å². The van der Waals surface area contributed by atoms with E-state index in [-0.39, 0.29) is 12.6 Å². The number of ether oxygens (including phenoxy) is 1. The Morgan fingerprint density at radius 1 is 1.08 bits per heavy atom. The molecule has 0 amide bonds. The second-order valence-electron chi connectivity index (χ2n) is 6.00. The number of hydrogen-bond donors (Lipinski definition) is 2. The van der Waals surface area contributed by atoms with Crippen LogP contribution in [0.25, 0.3) is 10.8 Å². The summed E-state index contributed by atoms with van der Waals surface area (Å²) in [6, 6.07) is 21.1. The van der Waals surface area contributed by atoms with Gasteiger partial charge in [0.15, 0.2) is 0 Å². The lowest BCUT2D eigenvalue weighted by Crippen LogP contribution is -2.18. The van der Waals surface area contributed by atoms with Crippen molar-refractivity contribution in [2.24, 2.45) is 0 Å². The number of hydrogen-bond acceptors (Lipinski definition) is 3. The third-order valence-corrected chi connectivity index (χ3v) is 5.01. The zero-order valence-electron chi connectivity index (χ0n) is 14.2. The maximum Gasteiger partial charge on any atom is 0.120 e. The highest BCUT2D eigenvalue weighted by molar-refractivity contribution is 9.10. The van der Waals surface area contributed by atoms with Gasteiger partial charge in [0.25, 0.3) is 0 Å². The Hall–Kier alpha value is -1.88. The quantitative estimate of drug-likeness (QED) is 0.597. The highest BCUT2D eigenvalue weighted by atomic mass is 79.9. The summed E-state index contributed by atoms with van der Waals surface area (Å²) in [4.78, 5) is 0. The molecule has 25 heavy (non-hydrogen) atoms. The van der Waals surface area contributed by atoms with E-state index in [9.17, 15) is 0 Å². The van der Waals surface area contributed by atoms with Crippen molar-refractivity contribution in [3.8, 4) is 5.75 Å². The van der Waals surface area contributed by atoms with Gasteiger partial charge in [0.2, 0.25) is 0 Å². The van der Waals surface area contributed by atoms with Crippen LogP contribution in [-0.4, -0.2) is 18.3 Å². The van der Waals surface area contributed by atoms with Crippen LogP contribution in [0.2, 0.25) is 0 Å². The molecule has 0 aromatic heterocycles. The summed E-state index contributed by atoms with van der Waals surface area (Å²) < 4.78 is 6.43. The summed E-state index contributed by atoms with van der Waals surface area (Å²) >= 11 is 3.60. The molecule has 4 heteroatoms. The number of aliphatic hydroxyl groups is 1. The number of fused-ring (bicyclic) bond motifs is 1. The molecule has 0 fully saturated rings. The van der Waals surface area contributed by atoms with Crippen LogP contribution in [0.1, 0.15) is 24.1 Å². The minimum Gasteiger partial charge on any atom is -0.491 e. The maximum atomic E-state index is 8.83. The second-order valence-corrected chi connectivity index (χ2v) is 6.85. The summed E-state index contributed by atoms with van der Waals surface area (Å²) in [7, 11) is 0. The molecule has 0 aliphatic heterocycles. The molecule has 2 N–H and O–H groups in total. The van der Waals surface area contributed by atoms with Gasteiger partial charge in [-0.05, 0) is 41.0 Å². The average Bonchev–Trinajstić information content (AvgIpc) is 2.65. The van der Waals surface area contributed by atoms with Gasteiger partial charge in [0.1, 0.15) is 12.4 Å². The molecule has 3 nitrogen and oxygen atoms in total. The van der Waals surface area contributed by atoms with Gasteiger partial charge in [-0.25, -0.2) is 0 Å². The Kier molecular flexibility index (Phi) is 6.08. The molecule has 0 aliphatic rings. The fourth-order valence-corrected chi connectivity index (χ4v) is 3.42. The van der Waals surface area contributed by atoms with E-state index < -0.39 is 0 Å². The van der Waals surface area contributed by atoms with Crippen molar-refractivity contribution in [3.05, 3.63) is 76.3 Å². The lowest BCUT2D eigenvalue weighted by Gasteiger charge is -2.17. The maximum absolute atomic E-state index is 8.83. The van der Waals surface area contributed by atoms with Crippen molar-refractivity contribution in [2.75, 3.05) is 13.2 Å². The third kappa shape index (κ3) is 4.40. The molecule has 3 rings (SSSR count). The van der Waals surface area contributed by atoms with Crippen molar-refractivity contribution in [3.63, 3.8) is 0 Å². The number of aliphatic hydroxyl groups excluding tert-OH is 1. The molecule has 130 valence electrons. The van der Waals surface area contributed by atoms with Crippen LogP contribution in [0, 0.1) is 0 Å². The average molecular weight is 400 g/mol. The summed E-state index contributed by atoms with van der Waals surface area (Å²) in [6.07, 6.45) is 0. The smallest absolute Gasteiger partial charge is 0.120 e. The van der Waals surface area contributed by atoms with Crippen molar-refractivity contribution in [2.45, 2.75) is 19.5 Å². The van der Waals surface area contributed by atoms with Crippen molar-refractivity contribution in [1.29, 1.82) is 0 Å². The Morgan fingerprint density at radius 2 is 1.88 bits per heavy atom. The van der Waals surface area contributed by atoms with E-state index in [0.29, 0.717) is 6.61 Å². The minimum absolute atomic E-state index is 0.0173. The summed E-state index contributed by atoms with van der Waals surface area (Å²) in [5.41, 5.74) is 2.47. The molecule has 0 aliphatic carbocycles. The molecule has 0 bridgehead atoms. The Labute approximate surface area is 156 Å². The standard InChI is InChI=1S/C21H22BrNO2/c1-15(19-8-4-6-16-5-2-3-7-20(16)19)23-14-17-9-10-18(13-21(17)22)25-12-11-24/h2-10,13,15,23-24H,11-12,14H2,1H3/t15-/m0/s1. The molecule has 3 aromatic rings. The SMILES string of the molecule is C[C@H](NCc1ccc(OCCO)cc1Br)c1cccc2ccccc12. The van der Waals surface area contributed by atoms with Gasteiger partial charge in [-0.3, -0.25) is 0 Å². The number of nitrogens with one attached hydrogen (secondary N) is 1.